The number of hydrogen-bond acceptors (Lipinski definition) is 5. The van der Waals surface area contributed by atoms with Crippen molar-refractivity contribution >= 4 is 27.5 Å². The molecule has 1 unspecified atom stereocenters. The van der Waals surface area contributed by atoms with E-state index in [1.54, 1.807) is 12.1 Å². The Bertz CT molecular complexity index is 516. The van der Waals surface area contributed by atoms with Crippen molar-refractivity contribution in [3.8, 4) is 0 Å². The highest BCUT2D eigenvalue weighted by atomic mass is 32.2. The van der Waals surface area contributed by atoms with Crippen LogP contribution in [-0.2, 0) is 10.0 Å². The summed E-state index contributed by atoms with van der Waals surface area (Å²) in [5, 5.41) is 9.67. The van der Waals surface area contributed by atoms with Gasteiger partial charge in [-0.1, -0.05) is 13.8 Å². The minimum Gasteiger partial charge on any atom is -0.399 e. The van der Waals surface area contributed by atoms with Crippen LogP contribution < -0.4 is 10.5 Å². The molecule has 0 heterocycles. The van der Waals surface area contributed by atoms with Crippen LogP contribution in [0.1, 0.15) is 20.3 Å². The fourth-order valence-electron chi connectivity index (χ4n) is 1.76. The average molecular weight is 332 g/mol. The van der Waals surface area contributed by atoms with Gasteiger partial charge < -0.3 is 10.8 Å². The van der Waals surface area contributed by atoms with Gasteiger partial charge in [-0.15, -0.1) is 11.8 Å². The molecule has 0 aromatic heterocycles. The second kappa shape index (κ2) is 8.63. The summed E-state index contributed by atoms with van der Waals surface area (Å²) >= 11 is 1.46. The molecule has 0 aliphatic carbocycles. The van der Waals surface area contributed by atoms with Crippen molar-refractivity contribution in [2.75, 3.05) is 23.8 Å². The van der Waals surface area contributed by atoms with Gasteiger partial charge in [-0.3, -0.25) is 0 Å². The van der Waals surface area contributed by atoms with E-state index in [-0.39, 0.29) is 12.3 Å². The first-order chi connectivity index (χ1) is 9.78. The second-order valence-corrected chi connectivity index (χ2v) is 8.46. The number of benzene rings is 1. The number of sulfonamides is 1. The molecular formula is C14H24N2O3S2. The van der Waals surface area contributed by atoms with Gasteiger partial charge in [-0.25, -0.2) is 13.1 Å². The lowest BCUT2D eigenvalue weighted by molar-refractivity contribution is 0.152. The van der Waals surface area contributed by atoms with Crippen molar-refractivity contribution < 1.29 is 13.5 Å². The summed E-state index contributed by atoms with van der Waals surface area (Å²) in [6.07, 6.45) is -0.0487. The van der Waals surface area contributed by atoms with E-state index in [9.17, 15) is 13.5 Å². The van der Waals surface area contributed by atoms with E-state index in [0.717, 1.165) is 4.90 Å². The predicted octanol–water partition coefficient (Wildman–Crippen LogP) is 1.69. The fraction of sp³-hybridized carbons (Fsp3) is 0.571. The zero-order valence-electron chi connectivity index (χ0n) is 12.5. The maximum atomic E-state index is 11.8. The van der Waals surface area contributed by atoms with Crippen molar-refractivity contribution in [1.29, 1.82) is 0 Å². The Kier molecular flexibility index (Phi) is 7.51. The van der Waals surface area contributed by atoms with Gasteiger partial charge in [-0.05, 0) is 36.6 Å². The zero-order chi connectivity index (χ0) is 15.9. The Balaban J connectivity index is 2.31. The number of aliphatic hydroxyl groups is 1. The third kappa shape index (κ3) is 8.31. The van der Waals surface area contributed by atoms with Crippen LogP contribution in [0.2, 0.25) is 0 Å². The standard InChI is InChI=1S/C14H24N2O3S2/c1-11(2)9-13(17)10-16-21(18,19)8-7-20-14-5-3-12(15)4-6-14/h3-6,11,13,16-17H,7-10,15H2,1-2H3. The topological polar surface area (TPSA) is 92.4 Å². The van der Waals surface area contributed by atoms with Gasteiger partial charge in [0.15, 0.2) is 0 Å². The molecule has 0 fully saturated rings. The summed E-state index contributed by atoms with van der Waals surface area (Å²) in [5.41, 5.74) is 6.28. The van der Waals surface area contributed by atoms with Gasteiger partial charge in [0.2, 0.25) is 10.0 Å². The highest BCUT2D eigenvalue weighted by Gasteiger charge is 2.14. The molecule has 0 aliphatic rings. The number of hydrogen-bond donors (Lipinski definition) is 3. The molecule has 0 amide bonds. The van der Waals surface area contributed by atoms with Gasteiger partial charge in [0.05, 0.1) is 11.9 Å². The number of nitrogens with two attached hydrogens (primary N) is 1. The van der Waals surface area contributed by atoms with Crippen LogP contribution in [-0.4, -0.2) is 37.7 Å². The third-order valence-corrected chi connectivity index (χ3v) is 5.40. The number of rotatable bonds is 9. The van der Waals surface area contributed by atoms with E-state index in [1.165, 1.54) is 11.8 Å². The van der Waals surface area contributed by atoms with E-state index in [1.807, 2.05) is 26.0 Å². The molecule has 1 aromatic carbocycles. The summed E-state index contributed by atoms with van der Waals surface area (Å²) < 4.78 is 26.1. The molecule has 0 bridgehead atoms. The molecule has 0 saturated carbocycles. The Hall–Kier alpha value is -0.760. The van der Waals surface area contributed by atoms with Crippen molar-refractivity contribution in [3.05, 3.63) is 24.3 Å². The van der Waals surface area contributed by atoms with E-state index in [4.69, 9.17) is 5.73 Å². The van der Waals surface area contributed by atoms with E-state index >= 15 is 0 Å². The summed E-state index contributed by atoms with van der Waals surface area (Å²) in [6.45, 7) is 4.05. The fourth-order valence-corrected chi connectivity index (χ4v) is 4.12. The average Bonchev–Trinajstić information content (AvgIpc) is 2.38. The van der Waals surface area contributed by atoms with Gasteiger partial charge in [0.1, 0.15) is 0 Å². The minimum absolute atomic E-state index is 0.0242. The lowest BCUT2D eigenvalue weighted by Gasteiger charge is -2.14. The molecule has 7 heteroatoms. The predicted molar refractivity (Wildman–Crippen MR) is 88.8 cm³/mol. The number of anilines is 1. The Morgan fingerprint density at radius 3 is 2.48 bits per heavy atom. The molecule has 0 saturated heterocycles. The van der Waals surface area contributed by atoms with Crippen LogP contribution >= 0.6 is 11.8 Å². The van der Waals surface area contributed by atoms with E-state index in [0.29, 0.717) is 23.8 Å². The lowest BCUT2D eigenvalue weighted by atomic mass is 10.1. The molecule has 0 radical (unpaired) electrons. The van der Waals surface area contributed by atoms with Crippen molar-refractivity contribution in [1.82, 2.24) is 4.72 Å². The number of nitrogen functional groups attached to an aromatic ring is 1. The van der Waals surface area contributed by atoms with Crippen LogP contribution in [0.25, 0.3) is 0 Å². The van der Waals surface area contributed by atoms with E-state index in [2.05, 4.69) is 4.72 Å². The smallest absolute Gasteiger partial charge is 0.212 e. The maximum Gasteiger partial charge on any atom is 0.212 e. The van der Waals surface area contributed by atoms with Crippen LogP contribution in [0.5, 0.6) is 0 Å². The molecule has 1 rings (SSSR count). The molecule has 4 N–H and O–H groups in total. The van der Waals surface area contributed by atoms with Gasteiger partial charge >= 0.3 is 0 Å². The van der Waals surface area contributed by atoms with Crippen LogP contribution in [0.3, 0.4) is 0 Å². The monoisotopic (exact) mass is 332 g/mol. The third-order valence-electron chi connectivity index (χ3n) is 2.78. The molecule has 120 valence electrons. The van der Waals surface area contributed by atoms with Crippen molar-refractivity contribution in [3.63, 3.8) is 0 Å². The summed E-state index contributed by atoms with van der Waals surface area (Å²) in [5.74, 6) is 0.821. The second-order valence-electron chi connectivity index (χ2n) is 5.37. The molecule has 5 nitrogen and oxygen atoms in total. The van der Waals surface area contributed by atoms with Crippen LogP contribution in [0.4, 0.5) is 5.69 Å². The Morgan fingerprint density at radius 1 is 1.29 bits per heavy atom. The quantitative estimate of drug-likeness (QED) is 0.473. The molecular weight excluding hydrogens is 308 g/mol. The van der Waals surface area contributed by atoms with Crippen LogP contribution in [0, 0.1) is 5.92 Å². The van der Waals surface area contributed by atoms with Crippen LogP contribution in [0.15, 0.2) is 29.2 Å². The first-order valence-corrected chi connectivity index (χ1v) is 9.56. The van der Waals surface area contributed by atoms with Gasteiger partial charge in [-0.2, -0.15) is 0 Å². The lowest BCUT2D eigenvalue weighted by Crippen LogP contribution is -2.34. The summed E-state index contributed by atoms with van der Waals surface area (Å²) in [7, 11) is -3.35. The Morgan fingerprint density at radius 2 is 1.90 bits per heavy atom. The first kappa shape index (κ1) is 18.3. The molecule has 1 aromatic rings. The molecule has 0 aliphatic heterocycles. The molecule has 1 atom stereocenters. The number of aliphatic hydroxyl groups excluding tert-OH is 1. The molecule has 0 spiro atoms. The highest BCUT2D eigenvalue weighted by molar-refractivity contribution is 8.00. The highest BCUT2D eigenvalue weighted by Crippen LogP contribution is 2.19. The number of thioether (sulfide) groups is 1. The number of nitrogens with one attached hydrogen (secondary N) is 1. The molecule has 21 heavy (non-hydrogen) atoms. The first-order valence-electron chi connectivity index (χ1n) is 6.92. The Labute approximate surface area is 131 Å². The van der Waals surface area contributed by atoms with Gasteiger partial charge in [0, 0.05) is 22.9 Å². The van der Waals surface area contributed by atoms with Crippen molar-refractivity contribution in [2.45, 2.75) is 31.3 Å². The van der Waals surface area contributed by atoms with Gasteiger partial charge in [0.25, 0.3) is 0 Å². The zero-order valence-corrected chi connectivity index (χ0v) is 14.1. The summed E-state index contributed by atoms with van der Waals surface area (Å²) in [6, 6.07) is 7.31. The normalized spacial score (nSPS) is 13.5. The van der Waals surface area contributed by atoms with E-state index < -0.39 is 16.1 Å². The maximum absolute atomic E-state index is 11.8. The summed E-state index contributed by atoms with van der Waals surface area (Å²) in [4.78, 5) is 0.985. The minimum atomic E-state index is -3.35. The van der Waals surface area contributed by atoms with Crippen molar-refractivity contribution in [2.24, 2.45) is 5.92 Å². The SMILES string of the molecule is CC(C)CC(O)CNS(=O)(=O)CCSc1ccc(N)cc1. The largest absolute Gasteiger partial charge is 0.399 e.